The predicted molar refractivity (Wildman–Crippen MR) is 162 cm³/mol. The fourth-order valence-corrected chi connectivity index (χ4v) is 5.27. The first-order valence-electron chi connectivity index (χ1n) is 14.7. The van der Waals surface area contributed by atoms with E-state index in [4.69, 9.17) is 4.84 Å². The Kier molecular flexibility index (Phi) is 14.4. The molecular weight excluding hydrogens is 513 g/mol. The van der Waals surface area contributed by atoms with Crippen molar-refractivity contribution in [3.8, 4) is 0 Å². The van der Waals surface area contributed by atoms with Crippen molar-refractivity contribution >= 4 is 15.1 Å². The van der Waals surface area contributed by atoms with E-state index in [0.29, 0.717) is 23.1 Å². The standard InChI is InChI=1S/C24H35F2N2O2P.C6H8.C2H6/c1-4-5-21(30-27-3)16-10-12-19(13-11-16)28(20-14-15-20)23(29)18-8-6-17(7-9-18)22(31)24(2,25)26;1-2-4-6-5-3-1;1-2/h5-9,16,19-20,22,27H,4,10-15,31H2,1-3H3;1-4H,5-6H2;1-2H3/b21-5+;;. The Balaban J connectivity index is 0.000000578. The van der Waals surface area contributed by atoms with Crippen molar-refractivity contribution in [2.24, 2.45) is 5.92 Å². The van der Waals surface area contributed by atoms with Gasteiger partial charge >= 0.3 is 0 Å². The number of allylic oxidation sites excluding steroid dienone is 6. The molecule has 1 N–H and O–H groups in total. The normalized spacial score (nSPS) is 21.6. The molecule has 0 heterocycles. The van der Waals surface area contributed by atoms with Gasteiger partial charge < -0.3 is 9.74 Å². The van der Waals surface area contributed by atoms with Crippen LogP contribution in [0.5, 0.6) is 0 Å². The van der Waals surface area contributed by atoms with Gasteiger partial charge in [0.05, 0.1) is 5.66 Å². The molecule has 2 atom stereocenters. The third-order valence-corrected chi connectivity index (χ3v) is 8.21. The topological polar surface area (TPSA) is 41.6 Å². The third kappa shape index (κ3) is 10.5. The summed E-state index contributed by atoms with van der Waals surface area (Å²) in [4.78, 5) is 21.0. The molecule has 2 fully saturated rings. The number of nitrogens with one attached hydrogen (secondary N) is 1. The van der Waals surface area contributed by atoms with Crippen LogP contribution in [-0.2, 0) is 4.84 Å². The van der Waals surface area contributed by atoms with Crippen LogP contribution in [0.15, 0.2) is 60.4 Å². The lowest BCUT2D eigenvalue weighted by atomic mass is 9.83. The van der Waals surface area contributed by atoms with Crippen LogP contribution in [-0.4, -0.2) is 35.9 Å². The van der Waals surface area contributed by atoms with Crippen LogP contribution in [0.25, 0.3) is 0 Å². The Labute approximate surface area is 237 Å². The minimum absolute atomic E-state index is 0.0249. The molecule has 39 heavy (non-hydrogen) atoms. The quantitative estimate of drug-likeness (QED) is 0.186. The molecule has 1 amide bonds. The van der Waals surface area contributed by atoms with Gasteiger partial charge in [0.25, 0.3) is 11.8 Å². The summed E-state index contributed by atoms with van der Waals surface area (Å²) in [7, 11) is 3.98. The van der Waals surface area contributed by atoms with E-state index < -0.39 is 11.6 Å². The average Bonchev–Trinajstić information content (AvgIpc) is 3.80. The predicted octanol–water partition coefficient (Wildman–Crippen LogP) is 8.79. The third-order valence-electron chi connectivity index (χ3n) is 7.24. The number of carbonyl (C=O) groups excluding carboxylic acids is 1. The number of alkyl halides is 2. The molecule has 0 bridgehead atoms. The fourth-order valence-electron chi connectivity index (χ4n) is 5.05. The van der Waals surface area contributed by atoms with Crippen LogP contribution in [0, 0.1) is 5.92 Å². The number of halogens is 2. The molecule has 4 rings (SSSR count). The van der Waals surface area contributed by atoms with E-state index >= 15 is 0 Å². The number of hydrogen-bond donors (Lipinski definition) is 1. The lowest BCUT2D eigenvalue weighted by molar-refractivity contribution is 0.0189. The summed E-state index contributed by atoms with van der Waals surface area (Å²) in [6, 6.07) is 7.24. The summed E-state index contributed by atoms with van der Waals surface area (Å²) in [5.41, 5.74) is 2.93. The Hall–Kier alpha value is -2.04. The van der Waals surface area contributed by atoms with Gasteiger partial charge in [-0.15, -0.1) is 9.24 Å². The van der Waals surface area contributed by atoms with Gasteiger partial charge in [0.15, 0.2) is 0 Å². The molecule has 3 aliphatic rings. The van der Waals surface area contributed by atoms with Crippen molar-refractivity contribution in [2.45, 2.75) is 109 Å². The second-order valence-electron chi connectivity index (χ2n) is 10.3. The Morgan fingerprint density at radius 1 is 1.05 bits per heavy atom. The molecule has 0 spiro atoms. The average molecular weight is 563 g/mol. The van der Waals surface area contributed by atoms with E-state index in [2.05, 4.69) is 56.9 Å². The summed E-state index contributed by atoms with van der Waals surface area (Å²) in [6.45, 7) is 7.02. The first kappa shape index (κ1) is 33.2. The molecule has 0 aromatic heterocycles. The molecular formula is C32H49F2N2O2P. The molecule has 1 aromatic carbocycles. The molecule has 0 radical (unpaired) electrons. The molecule has 0 aliphatic heterocycles. The van der Waals surface area contributed by atoms with Gasteiger partial charge in [0.1, 0.15) is 5.76 Å². The first-order chi connectivity index (χ1) is 18.8. The number of benzene rings is 1. The number of hydrogen-bond acceptors (Lipinski definition) is 3. The molecule has 1 aromatic rings. The number of hydroxylamine groups is 1. The zero-order valence-electron chi connectivity index (χ0n) is 24.5. The molecule has 2 unspecified atom stereocenters. The Bertz CT molecular complexity index is 932. The summed E-state index contributed by atoms with van der Waals surface area (Å²) >= 11 is 0. The van der Waals surface area contributed by atoms with Crippen molar-refractivity contribution in [3.05, 3.63) is 71.5 Å². The van der Waals surface area contributed by atoms with Crippen LogP contribution in [0.1, 0.15) is 107 Å². The monoisotopic (exact) mass is 562 g/mol. The van der Waals surface area contributed by atoms with Gasteiger partial charge in [-0.25, -0.2) is 8.78 Å². The first-order valence-corrected chi connectivity index (χ1v) is 15.3. The summed E-state index contributed by atoms with van der Waals surface area (Å²) in [5.74, 6) is -1.41. The van der Waals surface area contributed by atoms with Crippen LogP contribution >= 0.6 is 9.24 Å². The summed E-state index contributed by atoms with van der Waals surface area (Å²) in [6.07, 6.45) is 20.0. The minimum Gasteiger partial charge on any atom is -0.414 e. The number of amides is 1. The highest BCUT2D eigenvalue weighted by Gasteiger charge is 2.40. The lowest BCUT2D eigenvalue weighted by Crippen LogP contribution is -2.44. The van der Waals surface area contributed by atoms with Crippen molar-refractivity contribution in [1.29, 1.82) is 0 Å². The van der Waals surface area contributed by atoms with Crippen molar-refractivity contribution < 1.29 is 18.4 Å². The highest BCUT2D eigenvalue weighted by Crippen LogP contribution is 2.40. The Morgan fingerprint density at radius 3 is 1.95 bits per heavy atom. The van der Waals surface area contributed by atoms with E-state index in [9.17, 15) is 13.6 Å². The largest absolute Gasteiger partial charge is 0.414 e. The van der Waals surface area contributed by atoms with Crippen molar-refractivity contribution in [3.63, 3.8) is 0 Å². The van der Waals surface area contributed by atoms with Crippen LogP contribution in [0.4, 0.5) is 8.78 Å². The molecule has 7 heteroatoms. The number of rotatable bonds is 9. The summed E-state index contributed by atoms with van der Waals surface area (Å²) in [5, 5.41) is 0. The number of nitrogens with zero attached hydrogens (tertiary/aromatic N) is 1. The molecule has 2 saturated carbocycles. The van der Waals surface area contributed by atoms with Gasteiger partial charge in [-0.05, 0) is 81.6 Å². The van der Waals surface area contributed by atoms with E-state index in [0.717, 1.165) is 57.6 Å². The maximum atomic E-state index is 13.6. The van der Waals surface area contributed by atoms with Gasteiger partial charge in [-0.2, -0.15) is 5.48 Å². The van der Waals surface area contributed by atoms with E-state index in [1.165, 1.54) is 12.8 Å². The van der Waals surface area contributed by atoms with Gasteiger partial charge in [0.2, 0.25) is 0 Å². The second-order valence-corrected chi connectivity index (χ2v) is 10.9. The summed E-state index contributed by atoms with van der Waals surface area (Å²) < 4.78 is 27.2. The highest BCUT2D eigenvalue weighted by molar-refractivity contribution is 7.17. The fraction of sp³-hybridized carbons (Fsp3) is 0.594. The second kappa shape index (κ2) is 16.9. The van der Waals surface area contributed by atoms with E-state index in [-0.39, 0.29) is 11.9 Å². The smallest absolute Gasteiger partial charge is 0.255 e. The number of carbonyl (C=O) groups is 1. The minimum atomic E-state index is -2.82. The SMILES string of the molecule is C1=CCCC=C1.CC.CC/C=C(/ONC)C1CCC(N(C(=O)c2ccc(C(P)C(C)(F)F)cc2)C2CC2)CC1. The van der Waals surface area contributed by atoms with Gasteiger partial charge in [0, 0.05) is 37.5 Å². The molecule has 3 aliphatic carbocycles. The lowest BCUT2D eigenvalue weighted by Gasteiger charge is -2.37. The molecule has 0 saturated heterocycles. The van der Waals surface area contributed by atoms with E-state index in [1.807, 2.05) is 13.8 Å². The van der Waals surface area contributed by atoms with E-state index in [1.54, 1.807) is 31.3 Å². The van der Waals surface area contributed by atoms with Crippen LogP contribution in [0.3, 0.4) is 0 Å². The van der Waals surface area contributed by atoms with Crippen LogP contribution in [0.2, 0.25) is 0 Å². The Morgan fingerprint density at radius 2 is 1.56 bits per heavy atom. The van der Waals surface area contributed by atoms with Crippen molar-refractivity contribution in [2.75, 3.05) is 7.05 Å². The maximum absolute atomic E-state index is 13.6. The zero-order valence-corrected chi connectivity index (χ0v) is 25.6. The zero-order chi connectivity index (χ0) is 28.8. The maximum Gasteiger partial charge on any atom is 0.255 e. The molecule has 218 valence electrons. The highest BCUT2D eigenvalue weighted by atomic mass is 31.0. The van der Waals surface area contributed by atoms with Gasteiger partial charge in [-0.3, -0.25) is 4.79 Å². The van der Waals surface area contributed by atoms with Crippen LogP contribution < -0.4 is 5.48 Å². The van der Waals surface area contributed by atoms with Crippen molar-refractivity contribution in [1.82, 2.24) is 10.4 Å². The molecule has 4 nitrogen and oxygen atoms in total. The van der Waals surface area contributed by atoms with Gasteiger partial charge in [-0.1, -0.05) is 57.2 Å².